The van der Waals surface area contributed by atoms with Gasteiger partial charge in [0.2, 0.25) is 23.6 Å². The van der Waals surface area contributed by atoms with E-state index in [4.69, 9.17) is 17.2 Å². The molecule has 1 aromatic heterocycles. The fourth-order valence-corrected chi connectivity index (χ4v) is 3.31. The molecule has 1 aromatic rings. The number of carboxylic acids is 1. The predicted molar refractivity (Wildman–Crippen MR) is 130 cm³/mol. The van der Waals surface area contributed by atoms with E-state index in [0.717, 1.165) is 0 Å². The Balaban J connectivity index is 3.00. The minimum atomic E-state index is -1.37. The van der Waals surface area contributed by atoms with Crippen LogP contribution >= 0.6 is 0 Å². The van der Waals surface area contributed by atoms with E-state index in [1.165, 1.54) is 12.5 Å². The summed E-state index contributed by atoms with van der Waals surface area (Å²) in [6.45, 7) is 3.98. The van der Waals surface area contributed by atoms with Gasteiger partial charge >= 0.3 is 5.97 Å². The second kappa shape index (κ2) is 15.5. The molecule has 0 aliphatic carbocycles. The number of nitrogens with one attached hydrogen (secondary N) is 4. The van der Waals surface area contributed by atoms with Crippen LogP contribution in [-0.2, 0) is 30.4 Å². The molecule has 0 bridgehead atoms. The highest BCUT2D eigenvalue weighted by Crippen LogP contribution is 2.08. The van der Waals surface area contributed by atoms with Crippen LogP contribution in [0.3, 0.4) is 0 Å². The first kappa shape index (κ1) is 30.5. The summed E-state index contributed by atoms with van der Waals surface area (Å²) in [7, 11) is 0. The highest BCUT2D eigenvalue weighted by molar-refractivity contribution is 5.96. The number of H-pyrrole nitrogens is 1. The standard InChI is InChI=1S/C22H38N8O6/c1-3-12(2)18(25)21(34)29-15(9-17(24)31)20(33)28-14(6-4-5-7-23)19(32)30-16(22(35)36)8-13-10-26-11-27-13/h10-12,14-16,18H,3-9,23,25H2,1-2H3,(H2,24,31)(H,26,27)(H,28,33)(H,29,34)(H,30,32)(H,35,36). The number of unbranched alkanes of at least 4 members (excludes halogenated alkanes) is 1. The third kappa shape index (κ3) is 10.4. The molecular formula is C22H38N8O6. The van der Waals surface area contributed by atoms with Gasteiger partial charge in [-0.1, -0.05) is 20.3 Å². The van der Waals surface area contributed by atoms with Gasteiger partial charge in [0, 0.05) is 18.3 Å². The zero-order valence-corrected chi connectivity index (χ0v) is 20.7. The molecule has 14 nitrogen and oxygen atoms in total. The summed E-state index contributed by atoms with van der Waals surface area (Å²) in [5, 5.41) is 16.9. The maximum atomic E-state index is 13.0. The van der Waals surface area contributed by atoms with Gasteiger partial charge in [-0.2, -0.15) is 0 Å². The van der Waals surface area contributed by atoms with Crippen LogP contribution in [-0.4, -0.2) is 75.4 Å². The highest BCUT2D eigenvalue weighted by atomic mass is 16.4. The number of hydrogen-bond acceptors (Lipinski definition) is 8. The van der Waals surface area contributed by atoms with Crippen LogP contribution in [0.15, 0.2) is 12.5 Å². The smallest absolute Gasteiger partial charge is 0.326 e. The van der Waals surface area contributed by atoms with Crippen LogP contribution in [0.4, 0.5) is 0 Å². The van der Waals surface area contributed by atoms with Crippen molar-refractivity contribution in [3.05, 3.63) is 18.2 Å². The molecule has 1 rings (SSSR count). The fraction of sp³-hybridized carbons (Fsp3) is 0.636. The largest absolute Gasteiger partial charge is 0.480 e. The number of nitrogens with zero attached hydrogens (tertiary/aromatic N) is 1. The molecule has 0 fully saturated rings. The van der Waals surface area contributed by atoms with Gasteiger partial charge in [-0.05, 0) is 31.7 Å². The van der Waals surface area contributed by atoms with Gasteiger partial charge in [0.05, 0.1) is 18.8 Å². The Kier molecular flexibility index (Phi) is 13.1. The molecular weight excluding hydrogens is 472 g/mol. The molecule has 36 heavy (non-hydrogen) atoms. The normalized spacial score (nSPS) is 15.1. The lowest BCUT2D eigenvalue weighted by molar-refractivity contribution is -0.142. The van der Waals surface area contributed by atoms with E-state index in [2.05, 4.69) is 25.9 Å². The highest BCUT2D eigenvalue weighted by Gasteiger charge is 2.31. The van der Waals surface area contributed by atoms with Crippen LogP contribution in [0.2, 0.25) is 0 Å². The molecule has 0 radical (unpaired) electrons. The summed E-state index contributed by atoms with van der Waals surface area (Å²) in [6, 6.07) is -4.72. The Morgan fingerprint density at radius 3 is 2.17 bits per heavy atom. The number of carbonyl (C=O) groups excluding carboxylic acids is 4. The molecule has 0 saturated heterocycles. The summed E-state index contributed by atoms with van der Waals surface area (Å²) in [5.74, 6) is -4.51. The molecule has 4 amide bonds. The van der Waals surface area contributed by atoms with E-state index >= 15 is 0 Å². The van der Waals surface area contributed by atoms with E-state index in [-0.39, 0.29) is 18.8 Å². The lowest BCUT2D eigenvalue weighted by Gasteiger charge is -2.25. The van der Waals surface area contributed by atoms with Crippen molar-refractivity contribution in [2.45, 2.75) is 76.5 Å². The third-order valence-corrected chi connectivity index (χ3v) is 5.77. The summed E-state index contributed by atoms with van der Waals surface area (Å²) in [6.07, 6.45) is 4.02. The van der Waals surface area contributed by atoms with Crippen molar-refractivity contribution >= 4 is 29.6 Å². The molecule has 0 spiro atoms. The number of nitrogens with two attached hydrogens (primary N) is 3. The Bertz CT molecular complexity index is 878. The van der Waals surface area contributed by atoms with Crippen molar-refractivity contribution < 1.29 is 29.1 Å². The maximum Gasteiger partial charge on any atom is 0.326 e. The van der Waals surface area contributed by atoms with Crippen molar-refractivity contribution in [2.24, 2.45) is 23.1 Å². The summed E-state index contributed by atoms with van der Waals surface area (Å²) in [5.41, 5.74) is 17.2. The predicted octanol–water partition coefficient (Wildman–Crippen LogP) is -2.13. The number of carboxylic acid groups (broad SMARTS) is 1. The third-order valence-electron chi connectivity index (χ3n) is 5.77. The van der Waals surface area contributed by atoms with Gasteiger partial charge in [0.25, 0.3) is 0 Å². The zero-order chi connectivity index (χ0) is 27.3. The Morgan fingerprint density at radius 1 is 1.03 bits per heavy atom. The first-order valence-electron chi connectivity index (χ1n) is 11.8. The number of carbonyl (C=O) groups is 5. The molecule has 14 heteroatoms. The first-order valence-corrected chi connectivity index (χ1v) is 11.8. The zero-order valence-electron chi connectivity index (χ0n) is 20.7. The molecule has 202 valence electrons. The average Bonchev–Trinajstić information content (AvgIpc) is 3.34. The fourth-order valence-electron chi connectivity index (χ4n) is 3.31. The van der Waals surface area contributed by atoms with Crippen molar-refractivity contribution in [2.75, 3.05) is 6.54 Å². The molecule has 5 atom stereocenters. The summed E-state index contributed by atoms with van der Waals surface area (Å²) >= 11 is 0. The van der Waals surface area contributed by atoms with Crippen LogP contribution in [0.1, 0.15) is 51.6 Å². The maximum absolute atomic E-state index is 13.0. The van der Waals surface area contributed by atoms with Gasteiger partial charge in [-0.15, -0.1) is 0 Å². The molecule has 0 aliphatic heterocycles. The van der Waals surface area contributed by atoms with Crippen molar-refractivity contribution in [3.8, 4) is 0 Å². The molecule has 1 heterocycles. The molecule has 0 aliphatic rings. The lowest BCUT2D eigenvalue weighted by atomic mass is 9.98. The van der Waals surface area contributed by atoms with E-state index < -0.39 is 60.2 Å². The van der Waals surface area contributed by atoms with Gasteiger partial charge < -0.3 is 43.2 Å². The quantitative estimate of drug-likeness (QED) is 0.106. The number of aliphatic carboxylic acids is 1. The lowest BCUT2D eigenvalue weighted by Crippen LogP contribution is -2.58. The average molecular weight is 511 g/mol. The minimum absolute atomic E-state index is 0.0571. The number of aromatic amines is 1. The van der Waals surface area contributed by atoms with E-state index in [0.29, 0.717) is 31.5 Å². The SMILES string of the molecule is CCC(C)C(N)C(=O)NC(CC(N)=O)C(=O)NC(CCCCN)C(=O)NC(Cc1cnc[nH]1)C(=O)O. The van der Waals surface area contributed by atoms with Crippen LogP contribution in [0.25, 0.3) is 0 Å². The van der Waals surface area contributed by atoms with Crippen molar-refractivity contribution in [1.29, 1.82) is 0 Å². The Morgan fingerprint density at radius 2 is 1.64 bits per heavy atom. The number of rotatable bonds is 17. The van der Waals surface area contributed by atoms with Gasteiger partial charge in [0.1, 0.15) is 18.1 Å². The minimum Gasteiger partial charge on any atom is -0.480 e. The molecule has 11 N–H and O–H groups in total. The van der Waals surface area contributed by atoms with Gasteiger partial charge in [-0.25, -0.2) is 9.78 Å². The number of imidazole rings is 1. The van der Waals surface area contributed by atoms with Crippen LogP contribution in [0.5, 0.6) is 0 Å². The van der Waals surface area contributed by atoms with E-state index in [1.807, 2.05) is 6.92 Å². The molecule has 0 saturated carbocycles. The summed E-state index contributed by atoms with van der Waals surface area (Å²) in [4.78, 5) is 68.3. The number of amides is 4. The molecule has 0 aromatic carbocycles. The van der Waals surface area contributed by atoms with E-state index in [9.17, 15) is 29.1 Å². The Labute approximate surface area is 209 Å². The van der Waals surface area contributed by atoms with Crippen molar-refractivity contribution in [3.63, 3.8) is 0 Å². The van der Waals surface area contributed by atoms with Gasteiger partial charge in [-0.3, -0.25) is 19.2 Å². The number of aromatic nitrogens is 2. The van der Waals surface area contributed by atoms with E-state index in [1.54, 1.807) is 6.92 Å². The Hall–Kier alpha value is -3.52. The van der Waals surface area contributed by atoms with Crippen molar-refractivity contribution in [1.82, 2.24) is 25.9 Å². The topological polar surface area (TPSA) is 248 Å². The molecule has 5 unspecified atom stereocenters. The first-order chi connectivity index (χ1) is 17.0. The summed E-state index contributed by atoms with van der Waals surface area (Å²) < 4.78 is 0. The second-order valence-corrected chi connectivity index (χ2v) is 8.67. The van der Waals surface area contributed by atoms with Gasteiger partial charge in [0.15, 0.2) is 0 Å². The van der Waals surface area contributed by atoms with Crippen LogP contribution in [0, 0.1) is 5.92 Å². The number of primary amides is 1. The van der Waals surface area contributed by atoms with Crippen LogP contribution < -0.4 is 33.2 Å². The number of hydrogen-bond donors (Lipinski definition) is 8. The second-order valence-electron chi connectivity index (χ2n) is 8.67. The monoisotopic (exact) mass is 510 g/mol.